The first-order valence-corrected chi connectivity index (χ1v) is 17.4. The molecule has 3 aromatic rings. The lowest BCUT2D eigenvalue weighted by molar-refractivity contribution is -0.201. The van der Waals surface area contributed by atoms with Gasteiger partial charge < -0.3 is 34.4 Å². The van der Waals surface area contributed by atoms with Gasteiger partial charge in [0.05, 0.1) is 13.2 Å². The van der Waals surface area contributed by atoms with Gasteiger partial charge in [-0.1, -0.05) is 60.7 Å². The number of aliphatic hydroxyl groups is 2. The Balaban J connectivity index is 1.29. The molecule has 0 saturated carbocycles. The summed E-state index contributed by atoms with van der Waals surface area (Å²) in [5.41, 5.74) is 0.111. The van der Waals surface area contributed by atoms with E-state index in [0.717, 1.165) is 16.3 Å². The Morgan fingerprint density at radius 2 is 1.46 bits per heavy atom. The summed E-state index contributed by atoms with van der Waals surface area (Å²) >= 11 is 0. The molecular formula is C24H28N3O16P3. The number of anilines is 1. The van der Waals surface area contributed by atoms with Crippen molar-refractivity contribution in [3.63, 3.8) is 0 Å². The molecule has 1 aliphatic heterocycles. The zero-order valence-electron chi connectivity index (χ0n) is 23.4. The summed E-state index contributed by atoms with van der Waals surface area (Å²) in [4.78, 5) is 57.6. The topological polar surface area (TPSA) is 272 Å². The Hall–Kier alpha value is -3.12. The average molecular weight is 707 g/mol. The molecule has 0 spiro atoms. The molecule has 2 aromatic carbocycles. The Kier molecular flexibility index (Phi) is 11.5. The van der Waals surface area contributed by atoms with Gasteiger partial charge in [-0.25, -0.2) is 23.3 Å². The normalized spacial score (nSPS) is 21.4. The van der Waals surface area contributed by atoms with Crippen LogP contribution < -0.4 is 11.0 Å². The van der Waals surface area contributed by atoms with Gasteiger partial charge in [-0.15, -0.1) is 0 Å². The highest BCUT2D eigenvalue weighted by atomic mass is 31.3. The summed E-state index contributed by atoms with van der Waals surface area (Å²) < 4.78 is 64.8. The second kappa shape index (κ2) is 14.8. The third kappa shape index (κ3) is 10.7. The summed E-state index contributed by atoms with van der Waals surface area (Å²) in [5.74, 6) is -2.96. The van der Waals surface area contributed by atoms with E-state index in [9.17, 15) is 48.2 Å². The molecule has 0 bridgehead atoms. The van der Waals surface area contributed by atoms with Gasteiger partial charge in [0.1, 0.15) is 24.8 Å². The summed E-state index contributed by atoms with van der Waals surface area (Å²) in [7, 11) is -16.7. The van der Waals surface area contributed by atoms with E-state index in [4.69, 9.17) is 9.47 Å². The minimum absolute atomic E-state index is 0.0434. The molecule has 250 valence electrons. The number of amides is 1. The molecule has 1 saturated heterocycles. The third-order valence-electron chi connectivity index (χ3n) is 5.93. The van der Waals surface area contributed by atoms with Crippen LogP contribution in [0.1, 0.15) is 23.8 Å². The number of carbonyl (C=O) groups excluding carboxylic acids is 1. The van der Waals surface area contributed by atoms with Gasteiger partial charge in [0, 0.05) is 12.6 Å². The lowest BCUT2D eigenvalue weighted by Gasteiger charge is -2.23. The van der Waals surface area contributed by atoms with E-state index in [1.54, 1.807) is 48.5 Å². The molecule has 4 rings (SSSR count). The van der Waals surface area contributed by atoms with Crippen molar-refractivity contribution < 1.29 is 70.5 Å². The van der Waals surface area contributed by atoms with Crippen LogP contribution in [0.2, 0.25) is 0 Å². The fraction of sp³-hybridized carbons (Fsp3) is 0.292. The molecule has 5 atom stereocenters. The fourth-order valence-corrected chi connectivity index (χ4v) is 7.34. The van der Waals surface area contributed by atoms with Crippen LogP contribution in [0.15, 0.2) is 77.7 Å². The Labute approximate surface area is 259 Å². The number of nitrogens with one attached hydrogen (secondary N) is 1. The predicted octanol–water partition coefficient (Wildman–Crippen LogP) is 2.53. The van der Waals surface area contributed by atoms with Crippen LogP contribution in [0.4, 0.5) is 10.6 Å². The van der Waals surface area contributed by atoms with E-state index in [1.165, 1.54) is 18.2 Å². The predicted molar refractivity (Wildman–Crippen MR) is 153 cm³/mol. The summed E-state index contributed by atoms with van der Waals surface area (Å²) in [5, 5.41) is 23.0. The van der Waals surface area contributed by atoms with Crippen molar-refractivity contribution >= 4 is 35.4 Å². The molecular weight excluding hydrogens is 679 g/mol. The van der Waals surface area contributed by atoms with Crippen molar-refractivity contribution in [1.82, 2.24) is 9.55 Å². The number of nitrogens with zero attached hydrogens (tertiary/aromatic N) is 2. The van der Waals surface area contributed by atoms with Crippen LogP contribution in [0.25, 0.3) is 0 Å². The molecule has 1 aromatic heterocycles. The fourth-order valence-electron chi connectivity index (χ4n) is 3.85. The first-order valence-electron chi connectivity index (χ1n) is 12.9. The van der Waals surface area contributed by atoms with Crippen molar-refractivity contribution in [3.8, 4) is 0 Å². The molecule has 46 heavy (non-hydrogen) atoms. The van der Waals surface area contributed by atoms with E-state index >= 15 is 0 Å². The highest BCUT2D eigenvalue weighted by molar-refractivity contribution is 7.66. The molecule has 5 unspecified atom stereocenters. The van der Waals surface area contributed by atoms with Crippen LogP contribution >= 0.6 is 23.5 Å². The monoisotopic (exact) mass is 707 g/mol. The largest absolute Gasteiger partial charge is 0.490 e. The van der Waals surface area contributed by atoms with Crippen molar-refractivity contribution in [1.29, 1.82) is 0 Å². The molecule has 2 heterocycles. The van der Waals surface area contributed by atoms with E-state index in [2.05, 4.69) is 28.0 Å². The van der Waals surface area contributed by atoms with Crippen molar-refractivity contribution in [2.75, 3.05) is 11.9 Å². The number of aromatic nitrogens is 2. The van der Waals surface area contributed by atoms with Crippen molar-refractivity contribution in [3.05, 3.63) is 94.5 Å². The maximum atomic E-state index is 12.6. The number of phosphoric ester groups is 2. The second-order valence-electron chi connectivity index (χ2n) is 9.48. The van der Waals surface area contributed by atoms with Crippen LogP contribution in [0.5, 0.6) is 0 Å². The second-order valence-corrected chi connectivity index (χ2v) is 14.1. The quantitative estimate of drug-likeness (QED) is 0.104. The van der Waals surface area contributed by atoms with Gasteiger partial charge in [0.15, 0.2) is 5.79 Å². The molecule has 19 nitrogen and oxygen atoms in total. The van der Waals surface area contributed by atoms with Gasteiger partial charge in [0.25, 0.3) is 0 Å². The summed E-state index contributed by atoms with van der Waals surface area (Å²) in [6.45, 7) is -1.73. The van der Waals surface area contributed by atoms with Gasteiger partial charge in [-0.2, -0.15) is 13.6 Å². The highest BCUT2D eigenvalue weighted by Crippen LogP contribution is 2.68. The number of hydrogen-bond donors (Lipinski definition) is 6. The zero-order valence-corrected chi connectivity index (χ0v) is 26.1. The van der Waals surface area contributed by atoms with Gasteiger partial charge >= 0.3 is 35.3 Å². The van der Waals surface area contributed by atoms with Crippen LogP contribution in [0.3, 0.4) is 0 Å². The van der Waals surface area contributed by atoms with Gasteiger partial charge in [-0.3, -0.25) is 18.9 Å². The Bertz CT molecular complexity index is 1710. The van der Waals surface area contributed by atoms with Gasteiger partial charge in [0.2, 0.25) is 0 Å². The highest BCUT2D eigenvalue weighted by Gasteiger charge is 2.49. The molecule has 1 amide bonds. The number of ether oxygens (including phenoxy) is 2. The van der Waals surface area contributed by atoms with Crippen molar-refractivity contribution in [2.45, 2.75) is 37.8 Å². The maximum absolute atomic E-state index is 12.6. The Morgan fingerprint density at radius 3 is 2.04 bits per heavy atom. The molecule has 22 heteroatoms. The summed E-state index contributed by atoms with van der Waals surface area (Å²) in [6, 6.07) is 17.8. The minimum atomic E-state index is -5.79. The van der Waals surface area contributed by atoms with Crippen LogP contribution in [0, 0.1) is 0 Å². The summed E-state index contributed by atoms with van der Waals surface area (Å²) in [6.07, 6.45) is -3.72. The van der Waals surface area contributed by atoms with Crippen molar-refractivity contribution in [2.24, 2.45) is 0 Å². The maximum Gasteiger partial charge on any atom is 0.490 e. The molecule has 0 radical (unpaired) electrons. The SMILES string of the molecule is O=C(Nc1ccn(C2CC(O)(O)C(COP(=O)(O)OP(=O)(O)OP(=O)(O)OCc3ccccc3)O2)c(=O)n1)OCc1ccccc1. The Morgan fingerprint density at radius 1 is 0.891 bits per heavy atom. The first-order chi connectivity index (χ1) is 21.5. The van der Waals surface area contributed by atoms with E-state index in [0.29, 0.717) is 5.56 Å². The standard InChI is InChI=1S/C24H28N3O16P3/c28-22-25-20(26-23(29)38-14-17-7-3-1-4-8-17)11-12-27(22)21-13-24(30,31)19(41-21)16-40-45(34,35)43-46(36,37)42-44(32,33)39-15-18-9-5-2-6-10-18/h1-12,19,21,30-31H,13-16H2,(H,32,33)(H,34,35)(H,36,37)(H,25,26,28,29). The van der Waals surface area contributed by atoms with E-state index in [-0.39, 0.29) is 12.4 Å². The molecule has 1 aliphatic rings. The van der Waals surface area contributed by atoms with E-state index < -0.39 is 73.0 Å². The van der Waals surface area contributed by atoms with Gasteiger partial charge in [-0.05, 0) is 17.2 Å². The van der Waals surface area contributed by atoms with Crippen LogP contribution in [-0.4, -0.2) is 59.0 Å². The van der Waals surface area contributed by atoms with Crippen LogP contribution in [-0.2, 0) is 54.1 Å². The number of rotatable bonds is 14. The average Bonchev–Trinajstić information content (AvgIpc) is 3.27. The third-order valence-corrected chi connectivity index (χ3v) is 10.2. The number of carbonyl (C=O) groups is 1. The molecule has 0 aliphatic carbocycles. The lowest BCUT2D eigenvalue weighted by Crippen LogP contribution is -2.40. The number of benzene rings is 2. The first kappa shape index (κ1) is 35.7. The number of hydrogen-bond acceptors (Lipinski definition) is 14. The smallest absolute Gasteiger partial charge is 0.444 e. The zero-order chi connectivity index (χ0) is 33.6. The molecule has 6 N–H and O–H groups in total. The van der Waals surface area contributed by atoms with E-state index in [1.807, 2.05) is 0 Å². The number of phosphoric acid groups is 3. The lowest BCUT2D eigenvalue weighted by atomic mass is 10.1. The minimum Gasteiger partial charge on any atom is -0.444 e. The molecule has 1 fully saturated rings.